The maximum atomic E-state index is 12.0. The second-order valence-corrected chi connectivity index (χ2v) is 8.30. The van der Waals surface area contributed by atoms with Crippen molar-refractivity contribution in [1.29, 1.82) is 0 Å². The highest BCUT2D eigenvalue weighted by atomic mass is 16.6. The molecule has 2 aromatic carbocycles. The zero-order valence-corrected chi connectivity index (χ0v) is 16.8. The molecule has 4 heteroatoms. The number of aryl methyl sites for hydroxylation is 2. The van der Waals surface area contributed by atoms with Gasteiger partial charge in [0.1, 0.15) is 6.42 Å². The average Bonchev–Trinajstić information content (AvgIpc) is 2.76. The molecule has 0 fully saturated rings. The van der Waals surface area contributed by atoms with Gasteiger partial charge >= 0.3 is 11.9 Å². The molecule has 2 atom stereocenters. The van der Waals surface area contributed by atoms with E-state index in [-0.39, 0.29) is 6.42 Å². The molecule has 0 heterocycles. The van der Waals surface area contributed by atoms with E-state index in [0.29, 0.717) is 25.0 Å². The summed E-state index contributed by atoms with van der Waals surface area (Å²) in [6.45, 7) is 0.750. The van der Waals surface area contributed by atoms with Crippen LogP contribution in [0, 0.1) is 11.8 Å². The van der Waals surface area contributed by atoms with E-state index in [1.807, 2.05) is 12.1 Å². The third-order valence-electron chi connectivity index (χ3n) is 6.15. The van der Waals surface area contributed by atoms with Gasteiger partial charge in [-0.2, -0.15) is 0 Å². The summed E-state index contributed by atoms with van der Waals surface area (Å²) in [5, 5.41) is 0. The van der Waals surface area contributed by atoms with Gasteiger partial charge in [-0.3, -0.25) is 9.59 Å². The molecular formula is C25H28O4. The van der Waals surface area contributed by atoms with Crippen molar-refractivity contribution in [3.63, 3.8) is 0 Å². The number of hydrogen-bond acceptors (Lipinski definition) is 4. The van der Waals surface area contributed by atoms with E-state index < -0.39 is 11.9 Å². The molecule has 0 aliphatic heterocycles. The van der Waals surface area contributed by atoms with Crippen LogP contribution >= 0.6 is 0 Å². The van der Waals surface area contributed by atoms with Gasteiger partial charge in [-0.05, 0) is 72.6 Å². The van der Waals surface area contributed by atoms with E-state index in [1.54, 1.807) is 0 Å². The highest BCUT2D eigenvalue weighted by Crippen LogP contribution is 2.26. The molecule has 0 bridgehead atoms. The highest BCUT2D eigenvalue weighted by molar-refractivity contribution is 5.91. The average molecular weight is 392 g/mol. The first-order valence-corrected chi connectivity index (χ1v) is 10.6. The Morgan fingerprint density at radius 3 is 1.55 bits per heavy atom. The van der Waals surface area contributed by atoms with E-state index in [1.165, 1.54) is 22.3 Å². The molecular weight excluding hydrogens is 364 g/mol. The normalized spacial score (nSPS) is 20.3. The number of rotatable bonds is 6. The zero-order chi connectivity index (χ0) is 20.1. The number of ether oxygens (including phenoxy) is 2. The number of benzene rings is 2. The van der Waals surface area contributed by atoms with Crippen LogP contribution in [0.5, 0.6) is 0 Å². The molecule has 0 amide bonds. The lowest BCUT2D eigenvalue weighted by Gasteiger charge is -2.24. The molecule has 0 radical (unpaired) electrons. The molecule has 0 aromatic heterocycles. The van der Waals surface area contributed by atoms with Crippen LogP contribution in [0.1, 0.15) is 41.5 Å². The summed E-state index contributed by atoms with van der Waals surface area (Å²) < 4.78 is 10.7. The van der Waals surface area contributed by atoms with E-state index in [4.69, 9.17) is 9.47 Å². The smallest absolute Gasteiger partial charge is 0.317 e. The first-order valence-electron chi connectivity index (χ1n) is 10.6. The minimum atomic E-state index is -0.483. The molecule has 0 spiro atoms. The Bertz CT molecular complexity index is 801. The minimum absolute atomic E-state index is 0.299. The zero-order valence-electron chi connectivity index (χ0n) is 16.8. The summed E-state index contributed by atoms with van der Waals surface area (Å²) in [6.07, 6.45) is 5.62. The standard InChI is InChI=1S/C25H28O4/c26-24(28-16-18-9-11-20-5-1-3-7-22(20)13-18)15-25(27)29-17-19-10-12-21-6-2-4-8-23(21)14-19/h1-8,18-19H,9-17H2. The quantitative estimate of drug-likeness (QED) is 0.549. The fourth-order valence-corrected chi connectivity index (χ4v) is 4.47. The molecule has 2 aliphatic carbocycles. The van der Waals surface area contributed by atoms with Crippen molar-refractivity contribution in [2.45, 2.75) is 44.9 Å². The van der Waals surface area contributed by atoms with Crippen LogP contribution in [-0.2, 0) is 44.7 Å². The predicted octanol–water partition coefficient (Wildman–Crippen LogP) is 4.07. The van der Waals surface area contributed by atoms with E-state index in [0.717, 1.165) is 38.5 Å². The molecule has 4 nitrogen and oxygen atoms in total. The van der Waals surface area contributed by atoms with Gasteiger partial charge in [0.25, 0.3) is 0 Å². The first kappa shape index (κ1) is 19.7. The lowest BCUT2D eigenvalue weighted by Crippen LogP contribution is -2.24. The van der Waals surface area contributed by atoms with Gasteiger partial charge < -0.3 is 9.47 Å². The van der Waals surface area contributed by atoms with Crippen molar-refractivity contribution in [1.82, 2.24) is 0 Å². The summed E-state index contributed by atoms with van der Waals surface area (Å²) in [4.78, 5) is 24.1. The lowest BCUT2D eigenvalue weighted by molar-refractivity contribution is -0.156. The monoisotopic (exact) mass is 392 g/mol. The van der Waals surface area contributed by atoms with Gasteiger partial charge in [0, 0.05) is 0 Å². The summed E-state index contributed by atoms with van der Waals surface area (Å²) in [6, 6.07) is 16.8. The van der Waals surface area contributed by atoms with Crippen LogP contribution in [-0.4, -0.2) is 25.2 Å². The lowest BCUT2D eigenvalue weighted by atomic mass is 9.84. The van der Waals surface area contributed by atoms with Gasteiger partial charge in [0.15, 0.2) is 0 Å². The number of carbonyl (C=O) groups excluding carboxylic acids is 2. The van der Waals surface area contributed by atoms with Crippen LogP contribution in [0.25, 0.3) is 0 Å². The first-order chi connectivity index (χ1) is 14.2. The van der Waals surface area contributed by atoms with Crippen LogP contribution in [0.3, 0.4) is 0 Å². The Kier molecular flexibility index (Phi) is 6.28. The summed E-state index contributed by atoms with van der Waals surface area (Å²) in [7, 11) is 0. The van der Waals surface area contributed by atoms with Crippen molar-refractivity contribution in [2.75, 3.05) is 13.2 Å². The maximum absolute atomic E-state index is 12.0. The fourth-order valence-electron chi connectivity index (χ4n) is 4.47. The molecule has 4 rings (SSSR count). The van der Waals surface area contributed by atoms with Crippen molar-refractivity contribution in [2.24, 2.45) is 11.8 Å². The minimum Gasteiger partial charge on any atom is -0.465 e. The third kappa shape index (κ3) is 5.26. The van der Waals surface area contributed by atoms with Crippen LogP contribution in [0.4, 0.5) is 0 Å². The SMILES string of the molecule is O=C(CC(=O)OCC1CCc2ccccc2C1)OCC1CCc2ccccc2C1. The number of hydrogen-bond donors (Lipinski definition) is 0. The second kappa shape index (κ2) is 9.25. The number of esters is 2. The summed E-state index contributed by atoms with van der Waals surface area (Å²) in [5.41, 5.74) is 5.47. The fraction of sp³-hybridized carbons (Fsp3) is 0.440. The molecule has 29 heavy (non-hydrogen) atoms. The highest BCUT2D eigenvalue weighted by Gasteiger charge is 2.22. The van der Waals surface area contributed by atoms with E-state index in [2.05, 4.69) is 36.4 Å². The van der Waals surface area contributed by atoms with E-state index >= 15 is 0 Å². The van der Waals surface area contributed by atoms with Gasteiger partial charge in [-0.15, -0.1) is 0 Å². The predicted molar refractivity (Wildman–Crippen MR) is 110 cm³/mol. The number of carbonyl (C=O) groups is 2. The van der Waals surface area contributed by atoms with Crippen molar-refractivity contribution >= 4 is 11.9 Å². The molecule has 0 saturated heterocycles. The molecule has 2 aromatic rings. The Morgan fingerprint density at radius 1 is 0.690 bits per heavy atom. The molecule has 152 valence electrons. The Balaban J connectivity index is 1.15. The summed E-state index contributed by atoms with van der Waals surface area (Å²) in [5.74, 6) is -0.315. The van der Waals surface area contributed by atoms with Crippen LogP contribution in [0.15, 0.2) is 48.5 Å². The molecule has 0 N–H and O–H groups in total. The molecule has 2 aliphatic rings. The Hall–Kier alpha value is -2.62. The second-order valence-electron chi connectivity index (χ2n) is 8.30. The van der Waals surface area contributed by atoms with Crippen LogP contribution in [0.2, 0.25) is 0 Å². The summed E-state index contributed by atoms with van der Waals surface area (Å²) >= 11 is 0. The van der Waals surface area contributed by atoms with Gasteiger partial charge in [-0.25, -0.2) is 0 Å². The van der Waals surface area contributed by atoms with Crippen molar-refractivity contribution in [3.8, 4) is 0 Å². The van der Waals surface area contributed by atoms with Crippen LogP contribution < -0.4 is 0 Å². The van der Waals surface area contributed by atoms with Crippen molar-refractivity contribution in [3.05, 3.63) is 70.8 Å². The Morgan fingerprint density at radius 2 is 1.10 bits per heavy atom. The molecule has 2 unspecified atom stereocenters. The largest absolute Gasteiger partial charge is 0.465 e. The van der Waals surface area contributed by atoms with Gasteiger partial charge in [-0.1, -0.05) is 48.5 Å². The third-order valence-corrected chi connectivity index (χ3v) is 6.15. The maximum Gasteiger partial charge on any atom is 0.317 e. The van der Waals surface area contributed by atoms with Gasteiger partial charge in [0.05, 0.1) is 13.2 Å². The topological polar surface area (TPSA) is 52.6 Å². The Labute approximate surface area is 172 Å². The molecule has 0 saturated carbocycles. The van der Waals surface area contributed by atoms with Crippen molar-refractivity contribution < 1.29 is 19.1 Å². The number of fused-ring (bicyclic) bond motifs is 2. The van der Waals surface area contributed by atoms with E-state index in [9.17, 15) is 9.59 Å². The van der Waals surface area contributed by atoms with Gasteiger partial charge in [0.2, 0.25) is 0 Å².